The summed E-state index contributed by atoms with van der Waals surface area (Å²) in [4.78, 5) is 21.5. The van der Waals surface area contributed by atoms with E-state index in [0.29, 0.717) is 24.5 Å². The quantitative estimate of drug-likeness (QED) is 0.343. The number of H-pyrrole nitrogens is 1. The summed E-state index contributed by atoms with van der Waals surface area (Å²) in [7, 11) is 0. The number of fused-ring (bicyclic) bond motifs is 3. The van der Waals surface area contributed by atoms with Crippen LogP contribution in [0.5, 0.6) is 5.75 Å². The summed E-state index contributed by atoms with van der Waals surface area (Å²) in [5.41, 5.74) is 6.05. The average Bonchev–Trinajstić information content (AvgIpc) is 3.22. The highest BCUT2D eigenvalue weighted by atomic mass is 16.5. The molecule has 1 amide bonds. The van der Waals surface area contributed by atoms with Gasteiger partial charge in [0.25, 0.3) is 5.91 Å². The number of hydrogen-bond donors (Lipinski definition) is 2. The van der Waals surface area contributed by atoms with Crippen molar-refractivity contribution in [2.24, 2.45) is 0 Å². The Balaban J connectivity index is 1.62. The van der Waals surface area contributed by atoms with Crippen LogP contribution in [0.2, 0.25) is 0 Å². The van der Waals surface area contributed by atoms with E-state index in [1.54, 1.807) is 0 Å². The lowest BCUT2D eigenvalue weighted by molar-refractivity contribution is 0.0946. The van der Waals surface area contributed by atoms with E-state index in [4.69, 9.17) is 9.72 Å². The number of hydrogen-bond acceptors (Lipinski definition) is 3. The van der Waals surface area contributed by atoms with Crippen LogP contribution in [0.25, 0.3) is 33.1 Å². The lowest BCUT2D eigenvalue weighted by Gasteiger charge is -2.12. The van der Waals surface area contributed by atoms with Gasteiger partial charge in [0, 0.05) is 28.4 Å². The molecule has 0 aliphatic carbocycles. The Kier molecular flexibility index (Phi) is 5.53. The number of rotatable bonds is 6. The van der Waals surface area contributed by atoms with E-state index in [2.05, 4.69) is 16.4 Å². The van der Waals surface area contributed by atoms with Crippen LogP contribution in [0.1, 0.15) is 28.5 Å². The number of aryl methyl sites for hydroxylation is 1. The molecule has 0 spiro atoms. The normalized spacial score (nSPS) is 11.1. The van der Waals surface area contributed by atoms with E-state index in [-0.39, 0.29) is 5.91 Å². The van der Waals surface area contributed by atoms with Crippen LogP contribution in [0.3, 0.4) is 0 Å². The summed E-state index contributed by atoms with van der Waals surface area (Å²) in [5, 5.41) is 5.03. The van der Waals surface area contributed by atoms with E-state index in [0.717, 1.165) is 38.7 Å². The second-order valence-corrected chi connectivity index (χ2v) is 8.05. The van der Waals surface area contributed by atoms with Crippen LogP contribution in [-0.4, -0.2) is 22.5 Å². The van der Waals surface area contributed by atoms with Crippen molar-refractivity contribution in [3.8, 4) is 17.0 Å². The SMILES string of the molecule is CCOc1ccccc1-c1nc(C(=O)NCc2ccc(C)cc2)cc2c1[nH]c1ccccc12. The number of carbonyl (C=O) groups excluding carboxylic acids is 1. The minimum absolute atomic E-state index is 0.210. The number of ether oxygens (including phenoxy) is 1. The predicted octanol–water partition coefficient (Wildman–Crippen LogP) is 6.02. The molecule has 0 saturated heterocycles. The van der Waals surface area contributed by atoms with Gasteiger partial charge in [-0.25, -0.2) is 4.98 Å². The first-order valence-electron chi connectivity index (χ1n) is 11.1. The zero-order chi connectivity index (χ0) is 22.8. The van der Waals surface area contributed by atoms with Crippen LogP contribution < -0.4 is 10.1 Å². The summed E-state index contributed by atoms with van der Waals surface area (Å²) in [6, 6.07) is 25.9. The number of pyridine rings is 1. The van der Waals surface area contributed by atoms with Crippen molar-refractivity contribution in [2.75, 3.05) is 6.61 Å². The highest BCUT2D eigenvalue weighted by Crippen LogP contribution is 2.36. The highest BCUT2D eigenvalue weighted by molar-refractivity contribution is 6.13. The van der Waals surface area contributed by atoms with Crippen molar-refractivity contribution in [3.63, 3.8) is 0 Å². The number of para-hydroxylation sites is 2. The number of amides is 1. The summed E-state index contributed by atoms with van der Waals surface area (Å²) in [6.07, 6.45) is 0. The van der Waals surface area contributed by atoms with Crippen LogP contribution in [0.4, 0.5) is 0 Å². The molecule has 0 saturated carbocycles. The lowest BCUT2D eigenvalue weighted by atomic mass is 10.1. The number of aromatic amines is 1. The second-order valence-electron chi connectivity index (χ2n) is 8.05. The number of nitrogens with zero attached hydrogens (tertiary/aromatic N) is 1. The molecule has 164 valence electrons. The maximum Gasteiger partial charge on any atom is 0.270 e. The smallest absolute Gasteiger partial charge is 0.270 e. The Bertz CT molecular complexity index is 1450. The zero-order valence-corrected chi connectivity index (χ0v) is 18.7. The standard InChI is InChI=1S/C28H25N3O2/c1-3-33-25-11-7-5-9-21(25)26-27-22(20-8-4-6-10-23(20)30-27)16-24(31-26)28(32)29-17-19-14-12-18(2)13-15-19/h4-16,30H,3,17H2,1-2H3,(H,29,32). The molecule has 2 N–H and O–H groups in total. The van der Waals surface area contributed by atoms with Gasteiger partial charge in [-0.2, -0.15) is 0 Å². The molecule has 3 aromatic carbocycles. The Hall–Kier alpha value is -4.12. The van der Waals surface area contributed by atoms with Gasteiger partial charge in [-0.1, -0.05) is 60.2 Å². The molecule has 5 nitrogen and oxygen atoms in total. The molecule has 5 heteroatoms. The molecular weight excluding hydrogens is 410 g/mol. The van der Waals surface area contributed by atoms with Crippen molar-refractivity contribution in [1.82, 2.24) is 15.3 Å². The molecule has 5 aromatic rings. The molecule has 0 radical (unpaired) electrons. The lowest BCUT2D eigenvalue weighted by Crippen LogP contribution is -2.24. The topological polar surface area (TPSA) is 67.0 Å². The third kappa shape index (κ3) is 4.05. The molecule has 0 fully saturated rings. The van der Waals surface area contributed by atoms with Gasteiger partial charge < -0.3 is 15.0 Å². The second kappa shape index (κ2) is 8.79. The molecule has 2 heterocycles. The summed E-state index contributed by atoms with van der Waals surface area (Å²) < 4.78 is 5.88. The van der Waals surface area contributed by atoms with Crippen LogP contribution in [-0.2, 0) is 6.54 Å². The molecule has 2 aromatic heterocycles. The molecule has 0 aliphatic heterocycles. The minimum atomic E-state index is -0.210. The van der Waals surface area contributed by atoms with Crippen LogP contribution >= 0.6 is 0 Å². The zero-order valence-electron chi connectivity index (χ0n) is 18.7. The first-order chi connectivity index (χ1) is 16.1. The first-order valence-corrected chi connectivity index (χ1v) is 11.1. The fourth-order valence-corrected chi connectivity index (χ4v) is 4.08. The number of benzene rings is 3. The largest absolute Gasteiger partial charge is 0.493 e. The fraction of sp³-hybridized carbons (Fsp3) is 0.143. The van der Waals surface area contributed by atoms with Gasteiger partial charge in [-0.3, -0.25) is 4.79 Å². The van der Waals surface area contributed by atoms with Crippen LogP contribution in [0.15, 0.2) is 78.9 Å². The third-order valence-corrected chi connectivity index (χ3v) is 5.74. The third-order valence-electron chi connectivity index (χ3n) is 5.74. The fourth-order valence-electron chi connectivity index (χ4n) is 4.08. The van der Waals surface area contributed by atoms with Crippen molar-refractivity contribution >= 4 is 27.7 Å². The summed E-state index contributed by atoms with van der Waals surface area (Å²) >= 11 is 0. The Morgan fingerprint density at radius 2 is 1.73 bits per heavy atom. The van der Waals surface area contributed by atoms with E-state index in [1.807, 2.05) is 86.6 Å². The minimum Gasteiger partial charge on any atom is -0.493 e. The predicted molar refractivity (Wildman–Crippen MR) is 133 cm³/mol. The van der Waals surface area contributed by atoms with Crippen LogP contribution in [0, 0.1) is 6.92 Å². The van der Waals surface area contributed by atoms with E-state index in [1.165, 1.54) is 5.56 Å². The van der Waals surface area contributed by atoms with Gasteiger partial charge in [-0.15, -0.1) is 0 Å². The van der Waals surface area contributed by atoms with Crippen molar-refractivity contribution in [2.45, 2.75) is 20.4 Å². The average molecular weight is 436 g/mol. The molecule has 0 unspecified atom stereocenters. The van der Waals surface area contributed by atoms with Crippen molar-refractivity contribution < 1.29 is 9.53 Å². The maximum atomic E-state index is 13.2. The Morgan fingerprint density at radius 1 is 0.970 bits per heavy atom. The van der Waals surface area contributed by atoms with Gasteiger partial charge in [-0.05, 0) is 43.7 Å². The Labute approximate surface area is 192 Å². The monoisotopic (exact) mass is 435 g/mol. The number of nitrogens with one attached hydrogen (secondary N) is 2. The van der Waals surface area contributed by atoms with E-state index < -0.39 is 0 Å². The van der Waals surface area contributed by atoms with E-state index in [9.17, 15) is 4.79 Å². The molecule has 5 rings (SSSR count). The van der Waals surface area contributed by atoms with Gasteiger partial charge in [0.05, 0.1) is 17.8 Å². The number of carbonyl (C=O) groups is 1. The first kappa shape index (κ1) is 20.8. The molecule has 0 atom stereocenters. The molecular formula is C28H25N3O2. The van der Waals surface area contributed by atoms with E-state index >= 15 is 0 Å². The van der Waals surface area contributed by atoms with Gasteiger partial charge >= 0.3 is 0 Å². The summed E-state index contributed by atoms with van der Waals surface area (Å²) in [5.74, 6) is 0.530. The van der Waals surface area contributed by atoms with Gasteiger partial charge in [0.2, 0.25) is 0 Å². The molecule has 0 bridgehead atoms. The summed E-state index contributed by atoms with van der Waals surface area (Å²) in [6.45, 7) is 4.99. The van der Waals surface area contributed by atoms with Gasteiger partial charge in [0.15, 0.2) is 0 Å². The van der Waals surface area contributed by atoms with Crippen molar-refractivity contribution in [1.29, 1.82) is 0 Å². The molecule has 33 heavy (non-hydrogen) atoms. The van der Waals surface area contributed by atoms with Gasteiger partial charge in [0.1, 0.15) is 11.4 Å². The molecule has 0 aliphatic rings. The highest BCUT2D eigenvalue weighted by Gasteiger charge is 2.19. The van der Waals surface area contributed by atoms with Crippen molar-refractivity contribution in [3.05, 3.63) is 95.7 Å². The number of aromatic nitrogens is 2. The maximum absolute atomic E-state index is 13.2. The Morgan fingerprint density at radius 3 is 2.55 bits per heavy atom.